The molecule has 2 fully saturated rings. The summed E-state index contributed by atoms with van der Waals surface area (Å²) < 4.78 is 0. The van der Waals surface area contributed by atoms with Crippen LogP contribution < -0.4 is 10.6 Å². The van der Waals surface area contributed by atoms with Crippen molar-refractivity contribution in [3.8, 4) is 0 Å². The fourth-order valence-corrected chi connectivity index (χ4v) is 5.75. The largest absolute Gasteiger partial charge is 0.390 e. The summed E-state index contributed by atoms with van der Waals surface area (Å²) in [4.78, 5) is 12.9. The van der Waals surface area contributed by atoms with Crippen molar-refractivity contribution in [2.24, 2.45) is 5.92 Å². The Morgan fingerprint density at radius 3 is 2.12 bits per heavy atom. The number of nitrogens with one attached hydrogen (secondary N) is 2. The molecule has 2 aliphatic rings. The molecule has 0 aliphatic heterocycles. The van der Waals surface area contributed by atoms with E-state index in [0.717, 1.165) is 54.3 Å². The highest BCUT2D eigenvalue weighted by molar-refractivity contribution is 6.30. The summed E-state index contributed by atoms with van der Waals surface area (Å²) in [6.45, 7) is 6.39. The Morgan fingerprint density at radius 2 is 1.59 bits per heavy atom. The number of rotatable bonds is 5. The number of halogens is 2. The van der Waals surface area contributed by atoms with Gasteiger partial charge in [-0.05, 0) is 86.8 Å². The maximum Gasteiger partial charge on any atom is 0.223 e. The number of aryl methyl sites for hydroxylation is 1. The van der Waals surface area contributed by atoms with Crippen LogP contribution in [0.1, 0.15) is 74.8 Å². The Morgan fingerprint density at radius 1 is 0.941 bits per heavy atom. The van der Waals surface area contributed by atoms with E-state index in [1.54, 1.807) is 0 Å². The van der Waals surface area contributed by atoms with Crippen LogP contribution in [0.5, 0.6) is 0 Å². The van der Waals surface area contributed by atoms with Gasteiger partial charge in [-0.25, -0.2) is 0 Å². The molecule has 2 aliphatic carbocycles. The van der Waals surface area contributed by atoms with Gasteiger partial charge in [0, 0.05) is 28.7 Å². The molecule has 1 amide bonds. The van der Waals surface area contributed by atoms with Crippen LogP contribution in [0.2, 0.25) is 10.0 Å². The smallest absolute Gasteiger partial charge is 0.223 e. The lowest BCUT2D eigenvalue weighted by atomic mass is 9.71. The van der Waals surface area contributed by atoms with E-state index < -0.39 is 0 Å². The van der Waals surface area contributed by atoms with Gasteiger partial charge in [0.2, 0.25) is 5.91 Å². The molecule has 0 heterocycles. The Kier molecular flexibility index (Phi) is 9.91. The van der Waals surface area contributed by atoms with Crippen LogP contribution in [0, 0.1) is 12.8 Å². The first-order chi connectivity index (χ1) is 16.3. The molecule has 2 saturated carbocycles. The minimum atomic E-state index is -0.319. The maximum atomic E-state index is 12.9. The lowest BCUT2D eigenvalue weighted by Gasteiger charge is -2.43. The number of likely N-dealkylation sites (N-methyl/N-ethyl adjacent to an activating group) is 1. The standard InChI is InChI=1S/C23H33ClN2O.C6H5Cl/c1-16-15-20(24)9-10-21(16)18-11-13-23(14-12-18,17(2)25-3)26-22(27)19-7-5-4-6-8-19;7-6-4-2-1-3-5-6/h9-10,15,18-19,25H,2,4-8,11-14H2,1,3H3,(H,26,27);1-5H. The van der Waals surface area contributed by atoms with Gasteiger partial charge in [-0.15, -0.1) is 0 Å². The zero-order valence-corrected chi connectivity index (χ0v) is 22.0. The van der Waals surface area contributed by atoms with Gasteiger partial charge in [0.25, 0.3) is 0 Å². The van der Waals surface area contributed by atoms with Gasteiger partial charge < -0.3 is 10.6 Å². The van der Waals surface area contributed by atoms with Gasteiger partial charge in [-0.3, -0.25) is 4.79 Å². The van der Waals surface area contributed by atoms with Crippen LogP contribution in [-0.2, 0) is 4.79 Å². The molecule has 0 spiro atoms. The predicted octanol–water partition coefficient (Wildman–Crippen LogP) is 7.81. The Hall–Kier alpha value is -1.97. The third-order valence-electron chi connectivity index (χ3n) is 7.46. The Bertz CT molecular complexity index is 946. The molecule has 4 rings (SSSR count). The highest BCUT2D eigenvalue weighted by Gasteiger charge is 2.40. The number of carbonyl (C=O) groups excluding carboxylic acids is 1. The monoisotopic (exact) mass is 500 g/mol. The van der Waals surface area contributed by atoms with E-state index >= 15 is 0 Å². The molecule has 0 radical (unpaired) electrons. The molecular weight excluding hydrogens is 463 g/mol. The maximum absolute atomic E-state index is 12.9. The van der Waals surface area contributed by atoms with Gasteiger partial charge in [0.05, 0.1) is 5.54 Å². The molecule has 2 N–H and O–H groups in total. The second-order valence-corrected chi connectivity index (χ2v) is 10.6. The number of amides is 1. The van der Waals surface area contributed by atoms with Crippen molar-refractivity contribution in [3.05, 3.63) is 82.0 Å². The molecule has 0 atom stereocenters. The van der Waals surface area contributed by atoms with Crippen molar-refractivity contribution in [2.45, 2.75) is 76.2 Å². The first kappa shape index (κ1) is 26.6. The van der Waals surface area contributed by atoms with Crippen molar-refractivity contribution in [3.63, 3.8) is 0 Å². The zero-order chi connectivity index (χ0) is 24.6. The minimum Gasteiger partial charge on any atom is -0.390 e. The predicted molar refractivity (Wildman–Crippen MR) is 144 cm³/mol. The molecule has 34 heavy (non-hydrogen) atoms. The van der Waals surface area contributed by atoms with Crippen LogP contribution in [0.25, 0.3) is 0 Å². The zero-order valence-electron chi connectivity index (χ0n) is 20.5. The average molecular weight is 502 g/mol. The summed E-state index contributed by atoms with van der Waals surface area (Å²) in [6.07, 6.45) is 9.63. The molecule has 184 valence electrons. The lowest BCUT2D eigenvalue weighted by Crippen LogP contribution is -2.55. The summed E-state index contributed by atoms with van der Waals surface area (Å²) in [6, 6.07) is 15.7. The van der Waals surface area contributed by atoms with Crippen LogP contribution in [0.15, 0.2) is 60.8 Å². The van der Waals surface area contributed by atoms with Gasteiger partial charge in [0.1, 0.15) is 0 Å². The quantitative estimate of drug-likeness (QED) is 0.439. The Balaban J connectivity index is 0.000000396. The van der Waals surface area contributed by atoms with Crippen LogP contribution in [0.4, 0.5) is 0 Å². The lowest BCUT2D eigenvalue weighted by molar-refractivity contribution is -0.128. The third-order valence-corrected chi connectivity index (χ3v) is 7.95. The van der Waals surface area contributed by atoms with Crippen molar-refractivity contribution >= 4 is 29.1 Å². The van der Waals surface area contributed by atoms with E-state index in [4.69, 9.17) is 23.2 Å². The van der Waals surface area contributed by atoms with E-state index in [2.05, 4.69) is 36.3 Å². The fourth-order valence-electron chi connectivity index (χ4n) is 5.38. The summed E-state index contributed by atoms with van der Waals surface area (Å²) in [5, 5.41) is 8.25. The topological polar surface area (TPSA) is 41.1 Å². The number of carbonyl (C=O) groups is 1. The van der Waals surface area contributed by atoms with Crippen LogP contribution in [0.3, 0.4) is 0 Å². The summed E-state index contributed by atoms with van der Waals surface area (Å²) in [5.74, 6) is 0.926. The third kappa shape index (κ3) is 7.02. The average Bonchev–Trinajstić information content (AvgIpc) is 2.85. The second kappa shape index (κ2) is 12.7. The van der Waals surface area contributed by atoms with Crippen molar-refractivity contribution in [1.82, 2.24) is 10.6 Å². The van der Waals surface area contributed by atoms with Gasteiger partial charge in [-0.1, -0.05) is 73.3 Å². The highest BCUT2D eigenvalue weighted by Crippen LogP contribution is 2.42. The van der Waals surface area contributed by atoms with E-state index in [0.29, 0.717) is 5.92 Å². The van der Waals surface area contributed by atoms with Crippen molar-refractivity contribution in [1.29, 1.82) is 0 Å². The van der Waals surface area contributed by atoms with E-state index in [1.165, 1.54) is 30.4 Å². The molecule has 0 saturated heterocycles. The summed E-state index contributed by atoms with van der Waals surface area (Å²) in [7, 11) is 1.91. The van der Waals surface area contributed by atoms with Crippen LogP contribution in [-0.4, -0.2) is 18.5 Å². The van der Waals surface area contributed by atoms with E-state index in [1.807, 2.05) is 43.4 Å². The normalized spacial score (nSPS) is 22.8. The van der Waals surface area contributed by atoms with E-state index in [-0.39, 0.29) is 17.4 Å². The molecule has 2 aromatic rings. The summed E-state index contributed by atoms with van der Waals surface area (Å²) >= 11 is 11.7. The van der Waals surface area contributed by atoms with Gasteiger partial charge in [0.15, 0.2) is 0 Å². The Labute approximate surface area is 215 Å². The number of hydrogen-bond acceptors (Lipinski definition) is 2. The van der Waals surface area contributed by atoms with Gasteiger partial charge >= 0.3 is 0 Å². The van der Waals surface area contributed by atoms with Gasteiger partial charge in [-0.2, -0.15) is 0 Å². The highest BCUT2D eigenvalue weighted by atomic mass is 35.5. The first-order valence-corrected chi connectivity index (χ1v) is 13.3. The SMILES string of the molecule is C=C(NC)C1(NC(=O)C2CCCCC2)CCC(c2ccc(Cl)cc2C)CC1.Clc1ccccc1. The van der Waals surface area contributed by atoms with Crippen LogP contribution >= 0.6 is 23.2 Å². The first-order valence-electron chi connectivity index (χ1n) is 12.5. The number of hydrogen-bond donors (Lipinski definition) is 2. The molecule has 3 nitrogen and oxygen atoms in total. The molecule has 0 bridgehead atoms. The molecule has 0 unspecified atom stereocenters. The molecule has 2 aromatic carbocycles. The minimum absolute atomic E-state index is 0.177. The fraction of sp³-hybridized carbons (Fsp3) is 0.483. The molecule has 5 heteroatoms. The van der Waals surface area contributed by atoms with E-state index in [9.17, 15) is 4.79 Å². The summed E-state index contributed by atoms with van der Waals surface area (Å²) in [5.41, 5.74) is 3.28. The second-order valence-electron chi connectivity index (χ2n) is 9.71. The molecular formula is C29H38Cl2N2O. The molecule has 0 aromatic heterocycles. The van der Waals surface area contributed by atoms with Crippen molar-refractivity contribution < 1.29 is 4.79 Å². The van der Waals surface area contributed by atoms with Crippen molar-refractivity contribution in [2.75, 3.05) is 7.05 Å². The number of benzene rings is 2.